The number of rotatable bonds is 4. The summed E-state index contributed by atoms with van der Waals surface area (Å²) in [7, 11) is 0. The standard InChI is InChI=1S/C14H16ClNOS/c1-3-8-14(2)13(17)16-12(18-14)9-10-6-4-5-7-11(10)15/h4-7H,3,8-9H2,1-2H3. The zero-order valence-corrected chi connectivity index (χ0v) is 12.1. The highest BCUT2D eigenvalue weighted by Crippen LogP contribution is 2.39. The number of hydrogen-bond acceptors (Lipinski definition) is 2. The molecule has 0 bridgehead atoms. The van der Waals surface area contributed by atoms with E-state index < -0.39 is 0 Å². The van der Waals surface area contributed by atoms with Gasteiger partial charge in [0.15, 0.2) is 0 Å². The van der Waals surface area contributed by atoms with E-state index in [0.717, 1.165) is 28.5 Å². The lowest BCUT2D eigenvalue weighted by Crippen LogP contribution is -2.26. The van der Waals surface area contributed by atoms with E-state index in [4.69, 9.17) is 11.6 Å². The van der Waals surface area contributed by atoms with Gasteiger partial charge in [0.2, 0.25) is 0 Å². The molecule has 1 aliphatic rings. The monoisotopic (exact) mass is 281 g/mol. The van der Waals surface area contributed by atoms with Gasteiger partial charge in [-0.05, 0) is 25.0 Å². The van der Waals surface area contributed by atoms with Crippen molar-refractivity contribution in [2.45, 2.75) is 37.9 Å². The van der Waals surface area contributed by atoms with Crippen LogP contribution in [0.3, 0.4) is 0 Å². The zero-order chi connectivity index (χ0) is 13.2. The van der Waals surface area contributed by atoms with E-state index in [2.05, 4.69) is 11.9 Å². The molecule has 1 aromatic carbocycles. The minimum absolute atomic E-state index is 0.00333. The lowest BCUT2D eigenvalue weighted by Gasteiger charge is -2.18. The summed E-state index contributed by atoms with van der Waals surface area (Å²) in [6.07, 6.45) is 2.51. The van der Waals surface area contributed by atoms with Crippen LogP contribution < -0.4 is 0 Å². The predicted molar refractivity (Wildman–Crippen MR) is 78.5 cm³/mol. The zero-order valence-electron chi connectivity index (χ0n) is 10.6. The Hall–Kier alpha value is -0.800. The first-order valence-corrected chi connectivity index (χ1v) is 7.29. The van der Waals surface area contributed by atoms with E-state index in [1.807, 2.05) is 31.2 Å². The first kappa shape index (κ1) is 13.6. The van der Waals surface area contributed by atoms with E-state index >= 15 is 0 Å². The molecule has 1 unspecified atom stereocenters. The summed E-state index contributed by atoms with van der Waals surface area (Å²) >= 11 is 7.71. The first-order valence-electron chi connectivity index (χ1n) is 6.09. The first-order chi connectivity index (χ1) is 8.55. The average molecular weight is 282 g/mol. The summed E-state index contributed by atoms with van der Waals surface area (Å²) in [5, 5.41) is 1.61. The van der Waals surface area contributed by atoms with Gasteiger partial charge in [0.05, 0.1) is 9.79 Å². The molecule has 0 N–H and O–H groups in total. The Labute approximate surface area is 117 Å². The lowest BCUT2D eigenvalue weighted by molar-refractivity contribution is -0.119. The maximum atomic E-state index is 11.9. The Morgan fingerprint density at radius 2 is 2.11 bits per heavy atom. The molecule has 0 fully saturated rings. The van der Waals surface area contributed by atoms with Crippen molar-refractivity contribution in [2.24, 2.45) is 4.99 Å². The number of halogens is 1. The molecule has 1 heterocycles. The van der Waals surface area contributed by atoms with Crippen molar-refractivity contribution < 1.29 is 4.79 Å². The SMILES string of the molecule is CCCC1(C)SC(Cc2ccccc2Cl)=NC1=O. The highest BCUT2D eigenvalue weighted by molar-refractivity contribution is 8.16. The van der Waals surface area contributed by atoms with Crippen LogP contribution >= 0.6 is 23.4 Å². The van der Waals surface area contributed by atoms with Gasteiger partial charge in [0, 0.05) is 11.4 Å². The number of thioether (sulfide) groups is 1. The van der Waals surface area contributed by atoms with Crippen LogP contribution in [0.5, 0.6) is 0 Å². The fraction of sp³-hybridized carbons (Fsp3) is 0.429. The Balaban J connectivity index is 2.12. The van der Waals surface area contributed by atoms with Gasteiger partial charge < -0.3 is 0 Å². The van der Waals surface area contributed by atoms with E-state index in [9.17, 15) is 4.79 Å². The molecule has 0 saturated carbocycles. The second-order valence-corrected chi connectivity index (χ2v) is 6.65. The molecule has 0 radical (unpaired) electrons. The predicted octanol–water partition coefficient (Wildman–Crippen LogP) is 4.11. The quantitative estimate of drug-likeness (QED) is 0.831. The third-order valence-corrected chi connectivity index (χ3v) is 4.72. The summed E-state index contributed by atoms with van der Waals surface area (Å²) in [4.78, 5) is 16.1. The molecule has 2 nitrogen and oxygen atoms in total. The smallest absolute Gasteiger partial charge is 0.262 e. The van der Waals surface area contributed by atoms with E-state index in [-0.39, 0.29) is 10.7 Å². The molecule has 0 spiro atoms. The normalized spacial score (nSPS) is 23.3. The van der Waals surface area contributed by atoms with Gasteiger partial charge in [-0.2, -0.15) is 0 Å². The summed E-state index contributed by atoms with van der Waals surface area (Å²) in [6.45, 7) is 4.07. The number of aliphatic imine (C=N–C) groups is 1. The summed E-state index contributed by atoms with van der Waals surface area (Å²) in [6, 6.07) is 7.70. The van der Waals surface area contributed by atoms with Crippen molar-refractivity contribution in [1.29, 1.82) is 0 Å². The van der Waals surface area contributed by atoms with E-state index in [1.165, 1.54) is 0 Å². The van der Waals surface area contributed by atoms with E-state index in [0.29, 0.717) is 6.42 Å². The number of amides is 1. The molecule has 1 atom stereocenters. The van der Waals surface area contributed by atoms with Gasteiger partial charge in [-0.25, -0.2) is 4.99 Å². The number of carbonyl (C=O) groups is 1. The van der Waals surface area contributed by atoms with Crippen molar-refractivity contribution in [2.75, 3.05) is 0 Å². The fourth-order valence-electron chi connectivity index (χ4n) is 2.07. The van der Waals surface area contributed by atoms with Gasteiger partial charge in [0.1, 0.15) is 0 Å². The highest BCUT2D eigenvalue weighted by atomic mass is 35.5. The molecule has 1 aromatic rings. The van der Waals surface area contributed by atoms with Crippen LogP contribution in [0.4, 0.5) is 0 Å². The molecule has 0 aromatic heterocycles. The minimum atomic E-state index is -0.370. The second kappa shape index (κ2) is 5.45. The highest BCUT2D eigenvalue weighted by Gasteiger charge is 2.39. The second-order valence-electron chi connectivity index (χ2n) is 4.66. The van der Waals surface area contributed by atoms with Crippen LogP contribution in [0.25, 0.3) is 0 Å². The van der Waals surface area contributed by atoms with Crippen LogP contribution in [0, 0.1) is 0 Å². The number of hydrogen-bond donors (Lipinski definition) is 0. The Kier molecular flexibility index (Phi) is 4.13. The summed E-state index contributed by atoms with van der Waals surface area (Å²) < 4.78 is -0.370. The van der Waals surface area contributed by atoms with Crippen LogP contribution in [-0.4, -0.2) is 15.7 Å². The molecule has 0 saturated heterocycles. The van der Waals surface area contributed by atoms with Gasteiger partial charge >= 0.3 is 0 Å². The molecular weight excluding hydrogens is 266 g/mol. The fourth-order valence-corrected chi connectivity index (χ4v) is 3.59. The molecule has 1 amide bonds. The van der Waals surface area contributed by atoms with Crippen LogP contribution in [0.15, 0.2) is 29.3 Å². The summed E-state index contributed by atoms with van der Waals surface area (Å²) in [5.74, 6) is -0.00333. The minimum Gasteiger partial charge on any atom is -0.271 e. The summed E-state index contributed by atoms with van der Waals surface area (Å²) in [5.41, 5.74) is 1.03. The Morgan fingerprint density at radius 3 is 2.78 bits per heavy atom. The number of carbonyl (C=O) groups excluding carboxylic acids is 1. The van der Waals surface area contributed by atoms with Crippen LogP contribution in [0.2, 0.25) is 5.02 Å². The number of benzene rings is 1. The molecule has 2 rings (SSSR count). The topological polar surface area (TPSA) is 29.4 Å². The van der Waals surface area contributed by atoms with Crippen LogP contribution in [-0.2, 0) is 11.2 Å². The third kappa shape index (κ3) is 2.78. The van der Waals surface area contributed by atoms with Gasteiger partial charge in [-0.1, -0.05) is 54.9 Å². The molecule has 1 aliphatic heterocycles. The van der Waals surface area contributed by atoms with Gasteiger partial charge in [-0.3, -0.25) is 4.79 Å². The van der Waals surface area contributed by atoms with Crippen molar-refractivity contribution in [3.63, 3.8) is 0 Å². The molecule has 96 valence electrons. The van der Waals surface area contributed by atoms with Crippen molar-refractivity contribution in [3.05, 3.63) is 34.9 Å². The Morgan fingerprint density at radius 1 is 1.39 bits per heavy atom. The molecular formula is C14H16ClNOS. The van der Waals surface area contributed by atoms with Crippen LogP contribution in [0.1, 0.15) is 32.3 Å². The Bertz CT molecular complexity index is 500. The maximum absolute atomic E-state index is 11.9. The van der Waals surface area contributed by atoms with Crippen molar-refractivity contribution in [1.82, 2.24) is 0 Å². The average Bonchev–Trinajstić information content (AvgIpc) is 2.58. The molecule has 4 heteroatoms. The van der Waals surface area contributed by atoms with Crippen molar-refractivity contribution >= 4 is 34.3 Å². The van der Waals surface area contributed by atoms with E-state index in [1.54, 1.807) is 11.8 Å². The largest absolute Gasteiger partial charge is 0.271 e. The third-order valence-electron chi connectivity index (χ3n) is 3.05. The molecule has 0 aliphatic carbocycles. The van der Waals surface area contributed by atoms with Crippen molar-refractivity contribution in [3.8, 4) is 0 Å². The number of nitrogens with zero attached hydrogens (tertiary/aromatic N) is 1. The lowest BCUT2D eigenvalue weighted by atomic mass is 10.1. The molecule has 18 heavy (non-hydrogen) atoms. The maximum Gasteiger partial charge on any atom is 0.262 e. The van der Waals surface area contributed by atoms with Gasteiger partial charge in [-0.15, -0.1) is 0 Å². The van der Waals surface area contributed by atoms with Gasteiger partial charge in [0.25, 0.3) is 5.91 Å².